The predicted molar refractivity (Wildman–Crippen MR) is 82.9 cm³/mol. The first-order valence-electron chi connectivity index (χ1n) is 6.67. The maximum absolute atomic E-state index is 11.0. The number of aryl methyl sites for hydroxylation is 1. The van der Waals surface area contributed by atoms with Crippen molar-refractivity contribution < 1.29 is 9.66 Å². The van der Waals surface area contributed by atoms with Crippen molar-refractivity contribution in [3.63, 3.8) is 0 Å². The van der Waals surface area contributed by atoms with E-state index in [1.807, 2.05) is 38.1 Å². The number of hydrogen-bond acceptors (Lipinski definition) is 4. The minimum atomic E-state index is -0.442. The third kappa shape index (κ3) is 3.31. The lowest BCUT2D eigenvalue weighted by molar-refractivity contribution is -0.385. The second kappa shape index (κ2) is 6.26. The summed E-state index contributed by atoms with van der Waals surface area (Å²) < 4.78 is 5.00. The minimum Gasteiger partial charge on any atom is -0.490 e. The quantitative estimate of drug-likeness (QED) is 0.664. The van der Waals surface area contributed by atoms with Crippen molar-refractivity contribution in [2.45, 2.75) is 19.9 Å². The summed E-state index contributed by atoms with van der Waals surface area (Å²) >= 11 is 0. The van der Waals surface area contributed by atoms with E-state index in [-0.39, 0.29) is 17.5 Å². The van der Waals surface area contributed by atoms with Crippen molar-refractivity contribution in [1.29, 1.82) is 0 Å². The first kappa shape index (κ1) is 14.8. The van der Waals surface area contributed by atoms with Crippen molar-refractivity contribution in [3.8, 4) is 5.75 Å². The van der Waals surface area contributed by atoms with Gasteiger partial charge in [-0.05, 0) is 37.1 Å². The Morgan fingerprint density at radius 3 is 2.57 bits per heavy atom. The number of hydrogen-bond donors (Lipinski definition) is 1. The lowest BCUT2D eigenvalue weighted by Gasteiger charge is -2.18. The zero-order chi connectivity index (χ0) is 15.4. The molecule has 0 aliphatic rings. The summed E-state index contributed by atoms with van der Waals surface area (Å²) in [6.45, 7) is 4.07. The Balaban J connectivity index is 2.26. The van der Waals surface area contributed by atoms with Crippen molar-refractivity contribution in [1.82, 2.24) is 0 Å². The summed E-state index contributed by atoms with van der Waals surface area (Å²) in [6, 6.07) is 13.0. The Morgan fingerprint density at radius 1 is 1.24 bits per heavy atom. The highest BCUT2D eigenvalue weighted by atomic mass is 16.6. The first-order chi connectivity index (χ1) is 10.0. The highest BCUT2D eigenvalue weighted by molar-refractivity contribution is 5.59. The van der Waals surface area contributed by atoms with Crippen molar-refractivity contribution in [2.75, 3.05) is 12.4 Å². The molecule has 0 bridgehead atoms. The van der Waals surface area contributed by atoms with E-state index in [9.17, 15) is 10.1 Å². The molecular formula is C16H18N2O3. The summed E-state index contributed by atoms with van der Waals surface area (Å²) in [4.78, 5) is 10.6. The van der Waals surface area contributed by atoms with Gasteiger partial charge < -0.3 is 10.1 Å². The molecule has 1 unspecified atom stereocenters. The molecule has 0 radical (unpaired) electrons. The van der Waals surface area contributed by atoms with Crippen LogP contribution in [-0.2, 0) is 0 Å². The van der Waals surface area contributed by atoms with Gasteiger partial charge in [0, 0.05) is 17.8 Å². The third-order valence-electron chi connectivity index (χ3n) is 3.41. The molecule has 0 aromatic heterocycles. The second-order valence-corrected chi connectivity index (χ2v) is 4.87. The van der Waals surface area contributed by atoms with Crippen LogP contribution in [0.2, 0.25) is 0 Å². The van der Waals surface area contributed by atoms with Crippen LogP contribution in [0.15, 0.2) is 42.5 Å². The van der Waals surface area contributed by atoms with Crippen LogP contribution in [0.25, 0.3) is 0 Å². The maximum Gasteiger partial charge on any atom is 0.312 e. The van der Waals surface area contributed by atoms with Crippen LogP contribution in [0.4, 0.5) is 11.4 Å². The van der Waals surface area contributed by atoms with E-state index in [1.165, 1.54) is 18.7 Å². The topological polar surface area (TPSA) is 64.4 Å². The average Bonchev–Trinajstić information content (AvgIpc) is 2.47. The molecule has 0 saturated carbocycles. The normalized spacial score (nSPS) is 11.8. The number of benzene rings is 2. The number of ether oxygens (including phenoxy) is 1. The van der Waals surface area contributed by atoms with Gasteiger partial charge in [-0.1, -0.05) is 24.3 Å². The molecule has 5 nitrogen and oxygen atoms in total. The summed E-state index contributed by atoms with van der Waals surface area (Å²) in [5.41, 5.74) is 2.99. The van der Waals surface area contributed by atoms with E-state index in [1.54, 1.807) is 12.1 Å². The number of nitrogens with one attached hydrogen (secondary N) is 1. The Labute approximate surface area is 123 Å². The van der Waals surface area contributed by atoms with Gasteiger partial charge in [-0.2, -0.15) is 0 Å². The highest BCUT2D eigenvalue weighted by Crippen LogP contribution is 2.31. The molecule has 1 atom stereocenters. The van der Waals surface area contributed by atoms with Gasteiger partial charge in [0.25, 0.3) is 0 Å². The Hall–Kier alpha value is -2.56. The van der Waals surface area contributed by atoms with Crippen LogP contribution < -0.4 is 10.1 Å². The molecule has 0 spiro atoms. The van der Waals surface area contributed by atoms with Crippen LogP contribution >= 0.6 is 0 Å². The van der Waals surface area contributed by atoms with E-state index < -0.39 is 4.92 Å². The van der Waals surface area contributed by atoms with Gasteiger partial charge in [-0.25, -0.2) is 0 Å². The van der Waals surface area contributed by atoms with E-state index in [4.69, 9.17) is 4.74 Å². The molecule has 0 aliphatic heterocycles. The smallest absolute Gasteiger partial charge is 0.312 e. The van der Waals surface area contributed by atoms with Gasteiger partial charge in [-0.15, -0.1) is 0 Å². The van der Waals surface area contributed by atoms with Crippen LogP contribution in [-0.4, -0.2) is 12.0 Å². The van der Waals surface area contributed by atoms with Gasteiger partial charge in [0.1, 0.15) is 0 Å². The van der Waals surface area contributed by atoms with Crippen LogP contribution in [0, 0.1) is 17.0 Å². The monoisotopic (exact) mass is 286 g/mol. The number of methoxy groups -OCH3 is 1. The van der Waals surface area contributed by atoms with E-state index >= 15 is 0 Å². The minimum absolute atomic E-state index is 0.0421. The fourth-order valence-corrected chi connectivity index (χ4v) is 2.32. The number of anilines is 1. The predicted octanol–water partition coefficient (Wildman–Crippen LogP) is 4.08. The lowest BCUT2D eigenvalue weighted by atomic mass is 10.0. The maximum atomic E-state index is 11.0. The number of nitrogens with zero attached hydrogens (tertiary/aromatic N) is 1. The van der Waals surface area contributed by atoms with Gasteiger partial charge in [0.15, 0.2) is 5.75 Å². The van der Waals surface area contributed by atoms with Gasteiger partial charge in [0.05, 0.1) is 12.0 Å². The van der Waals surface area contributed by atoms with Crippen molar-refractivity contribution >= 4 is 11.4 Å². The SMILES string of the molecule is COc1ccc(NC(C)c2ccccc2C)cc1[N+](=O)[O-]. The molecule has 2 aromatic carbocycles. The first-order valence-corrected chi connectivity index (χ1v) is 6.67. The fraction of sp³-hybridized carbons (Fsp3) is 0.250. The summed E-state index contributed by atoms with van der Waals surface area (Å²) in [6.07, 6.45) is 0. The third-order valence-corrected chi connectivity index (χ3v) is 3.41. The number of nitro groups is 1. The fourth-order valence-electron chi connectivity index (χ4n) is 2.32. The zero-order valence-electron chi connectivity index (χ0n) is 12.3. The van der Waals surface area contributed by atoms with Crippen LogP contribution in [0.3, 0.4) is 0 Å². The zero-order valence-corrected chi connectivity index (χ0v) is 12.3. The molecular weight excluding hydrogens is 268 g/mol. The molecule has 2 aromatic rings. The molecule has 1 N–H and O–H groups in total. The Bertz CT molecular complexity index is 656. The lowest BCUT2D eigenvalue weighted by Crippen LogP contribution is -2.08. The molecule has 0 saturated heterocycles. The number of nitro benzene ring substituents is 1. The largest absolute Gasteiger partial charge is 0.490 e. The van der Waals surface area contributed by atoms with Gasteiger partial charge >= 0.3 is 5.69 Å². The Kier molecular flexibility index (Phi) is 4.42. The number of rotatable bonds is 5. The Morgan fingerprint density at radius 2 is 1.95 bits per heavy atom. The molecule has 0 heterocycles. The van der Waals surface area contributed by atoms with Crippen LogP contribution in [0.1, 0.15) is 24.1 Å². The summed E-state index contributed by atoms with van der Waals surface area (Å²) in [5, 5.41) is 14.3. The van der Waals surface area contributed by atoms with Crippen molar-refractivity contribution in [2.24, 2.45) is 0 Å². The van der Waals surface area contributed by atoms with E-state index in [0.29, 0.717) is 5.69 Å². The molecule has 110 valence electrons. The molecule has 0 aliphatic carbocycles. The summed E-state index contributed by atoms with van der Waals surface area (Å²) in [5.74, 6) is 0.258. The molecule has 2 rings (SSSR count). The average molecular weight is 286 g/mol. The van der Waals surface area contributed by atoms with Crippen LogP contribution in [0.5, 0.6) is 5.75 Å². The molecule has 0 fully saturated rings. The van der Waals surface area contributed by atoms with Gasteiger partial charge in [0.2, 0.25) is 0 Å². The molecule has 5 heteroatoms. The van der Waals surface area contributed by atoms with Gasteiger partial charge in [-0.3, -0.25) is 10.1 Å². The second-order valence-electron chi connectivity index (χ2n) is 4.87. The molecule has 21 heavy (non-hydrogen) atoms. The van der Waals surface area contributed by atoms with E-state index in [0.717, 1.165) is 5.56 Å². The van der Waals surface area contributed by atoms with E-state index in [2.05, 4.69) is 5.32 Å². The molecule has 0 amide bonds. The van der Waals surface area contributed by atoms with Crippen molar-refractivity contribution in [3.05, 3.63) is 63.7 Å². The summed E-state index contributed by atoms with van der Waals surface area (Å²) in [7, 11) is 1.42. The standard InChI is InChI=1S/C16H18N2O3/c1-11-6-4-5-7-14(11)12(2)17-13-8-9-16(21-3)15(10-13)18(19)20/h4-10,12,17H,1-3H3. The highest BCUT2D eigenvalue weighted by Gasteiger charge is 2.16.